The summed E-state index contributed by atoms with van der Waals surface area (Å²) in [6, 6.07) is 0.406. The minimum Gasteiger partial charge on any atom is -0.299 e. The summed E-state index contributed by atoms with van der Waals surface area (Å²) in [5, 5.41) is 7.79. The molecule has 0 saturated carbocycles. The van der Waals surface area contributed by atoms with E-state index in [1.165, 1.54) is 24.1 Å². The van der Waals surface area contributed by atoms with Crippen molar-refractivity contribution in [2.24, 2.45) is 7.05 Å². The highest BCUT2D eigenvalue weighted by Gasteiger charge is 2.21. The van der Waals surface area contributed by atoms with Crippen LogP contribution in [0.1, 0.15) is 30.1 Å². The molecular weight excluding hydrogens is 174 g/mol. The van der Waals surface area contributed by atoms with Gasteiger partial charge in [-0.15, -0.1) is 6.42 Å². The second kappa shape index (κ2) is 3.85. The van der Waals surface area contributed by atoms with Crippen LogP contribution in [-0.4, -0.2) is 16.3 Å². The summed E-state index contributed by atoms with van der Waals surface area (Å²) >= 11 is 0. The quantitative estimate of drug-likeness (QED) is 0.704. The molecule has 0 spiro atoms. The van der Waals surface area contributed by atoms with E-state index in [4.69, 9.17) is 6.42 Å². The first-order valence-corrected chi connectivity index (χ1v) is 5.00. The Kier molecular flexibility index (Phi) is 2.55. The van der Waals surface area contributed by atoms with Crippen molar-refractivity contribution in [1.29, 1.82) is 0 Å². The molecule has 0 bridgehead atoms. The van der Waals surface area contributed by atoms with Crippen molar-refractivity contribution in [3.63, 3.8) is 0 Å². The Labute approximate surface area is 84.5 Å². The molecule has 1 N–H and O–H groups in total. The first-order chi connectivity index (χ1) is 6.81. The molecule has 3 heteroatoms. The van der Waals surface area contributed by atoms with E-state index in [1.54, 1.807) is 0 Å². The van der Waals surface area contributed by atoms with E-state index >= 15 is 0 Å². The first kappa shape index (κ1) is 9.29. The zero-order valence-electron chi connectivity index (χ0n) is 8.45. The van der Waals surface area contributed by atoms with Crippen molar-refractivity contribution in [3.05, 3.63) is 17.5 Å². The van der Waals surface area contributed by atoms with Crippen LogP contribution in [0.5, 0.6) is 0 Å². The Bertz CT molecular complexity index is 359. The number of hydrogen-bond acceptors (Lipinski definition) is 2. The topological polar surface area (TPSA) is 29.9 Å². The van der Waals surface area contributed by atoms with Crippen LogP contribution >= 0.6 is 0 Å². The summed E-state index contributed by atoms with van der Waals surface area (Å²) in [7, 11) is 1.97. The first-order valence-electron chi connectivity index (χ1n) is 5.00. The minimum absolute atomic E-state index is 0.406. The van der Waals surface area contributed by atoms with E-state index in [0.717, 1.165) is 6.42 Å². The summed E-state index contributed by atoms with van der Waals surface area (Å²) in [4.78, 5) is 0. The van der Waals surface area contributed by atoms with Gasteiger partial charge in [0.2, 0.25) is 0 Å². The second-order valence-corrected chi connectivity index (χ2v) is 3.73. The van der Waals surface area contributed by atoms with Crippen molar-refractivity contribution < 1.29 is 0 Å². The molecule has 0 radical (unpaired) electrons. The Hall–Kier alpha value is -1.27. The average molecular weight is 189 g/mol. The molecule has 1 unspecified atom stereocenters. The fourth-order valence-corrected chi connectivity index (χ4v) is 2.06. The molecule has 0 aromatic carbocycles. The van der Waals surface area contributed by atoms with Crippen LogP contribution < -0.4 is 5.32 Å². The number of nitrogens with zero attached hydrogens (tertiary/aromatic N) is 2. The van der Waals surface area contributed by atoms with Gasteiger partial charge in [-0.1, -0.05) is 5.92 Å². The molecule has 1 aromatic heterocycles. The second-order valence-electron chi connectivity index (χ2n) is 3.73. The van der Waals surface area contributed by atoms with Gasteiger partial charge >= 0.3 is 0 Å². The monoisotopic (exact) mass is 189 g/mol. The van der Waals surface area contributed by atoms with E-state index in [9.17, 15) is 0 Å². The van der Waals surface area contributed by atoms with E-state index < -0.39 is 0 Å². The Morgan fingerprint density at radius 1 is 1.79 bits per heavy atom. The van der Waals surface area contributed by atoms with E-state index in [2.05, 4.69) is 22.5 Å². The van der Waals surface area contributed by atoms with Crippen LogP contribution in [0.4, 0.5) is 0 Å². The van der Waals surface area contributed by atoms with Crippen LogP contribution in [0.2, 0.25) is 0 Å². The van der Waals surface area contributed by atoms with Crippen molar-refractivity contribution in [1.82, 2.24) is 15.1 Å². The molecule has 3 nitrogen and oxygen atoms in total. The summed E-state index contributed by atoms with van der Waals surface area (Å²) in [6.45, 7) is 0.638. The molecule has 0 saturated heterocycles. The van der Waals surface area contributed by atoms with Gasteiger partial charge in [0, 0.05) is 24.8 Å². The summed E-state index contributed by atoms with van der Waals surface area (Å²) < 4.78 is 1.89. The lowest BCUT2D eigenvalue weighted by atomic mass is 9.93. The lowest BCUT2D eigenvalue weighted by Gasteiger charge is -2.21. The Morgan fingerprint density at radius 3 is 3.43 bits per heavy atom. The number of terminal acetylenes is 1. The van der Waals surface area contributed by atoms with Gasteiger partial charge < -0.3 is 0 Å². The fourth-order valence-electron chi connectivity index (χ4n) is 2.06. The van der Waals surface area contributed by atoms with E-state index in [1.807, 2.05) is 11.7 Å². The van der Waals surface area contributed by atoms with Crippen molar-refractivity contribution in [3.8, 4) is 12.3 Å². The molecular formula is C11H15N3. The molecule has 0 fully saturated rings. The predicted octanol–water partition coefficient (Wildman–Crippen LogP) is 1.02. The third-order valence-electron chi connectivity index (χ3n) is 2.67. The molecule has 0 amide bonds. The SMILES string of the molecule is C#CCNC1CCCc2nn(C)cc21. The summed E-state index contributed by atoms with van der Waals surface area (Å²) in [6.07, 6.45) is 10.8. The fraction of sp³-hybridized carbons (Fsp3) is 0.545. The number of hydrogen-bond donors (Lipinski definition) is 1. The Balaban J connectivity index is 2.18. The third kappa shape index (κ3) is 1.66. The number of rotatable bonds is 2. The lowest BCUT2D eigenvalue weighted by Crippen LogP contribution is -2.24. The van der Waals surface area contributed by atoms with Gasteiger partial charge in [0.25, 0.3) is 0 Å². The van der Waals surface area contributed by atoms with Crippen LogP contribution in [0, 0.1) is 12.3 Å². The van der Waals surface area contributed by atoms with Gasteiger partial charge in [-0.2, -0.15) is 5.10 Å². The van der Waals surface area contributed by atoms with Crippen molar-refractivity contribution in [2.45, 2.75) is 25.3 Å². The Morgan fingerprint density at radius 2 is 2.64 bits per heavy atom. The van der Waals surface area contributed by atoms with Gasteiger partial charge in [0.05, 0.1) is 12.2 Å². The zero-order chi connectivity index (χ0) is 9.97. The maximum absolute atomic E-state index is 5.24. The normalized spacial score (nSPS) is 20.1. The predicted molar refractivity (Wildman–Crippen MR) is 55.7 cm³/mol. The lowest BCUT2D eigenvalue weighted by molar-refractivity contribution is 0.481. The van der Waals surface area contributed by atoms with Crippen molar-refractivity contribution in [2.75, 3.05) is 6.54 Å². The molecule has 74 valence electrons. The minimum atomic E-state index is 0.406. The number of nitrogens with one attached hydrogen (secondary N) is 1. The number of aryl methyl sites for hydroxylation is 2. The zero-order valence-corrected chi connectivity index (χ0v) is 8.45. The highest BCUT2D eigenvalue weighted by molar-refractivity contribution is 5.24. The third-order valence-corrected chi connectivity index (χ3v) is 2.67. The van der Waals surface area contributed by atoms with E-state index in [-0.39, 0.29) is 0 Å². The largest absolute Gasteiger partial charge is 0.299 e. The smallest absolute Gasteiger partial charge is 0.0672 e. The molecule has 1 atom stereocenters. The van der Waals surface area contributed by atoms with Crippen LogP contribution in [0.15, 0.2) is 6.20 Å². The molecule has 1 aliphatic carbocycles. The van der Waals surface area contributed by atoms with E-state index in [0.29, 0.717) is 12.6 Å². The molecule has 1 aliphatic rings. The van der Waals surface area contributed by atoms with Crippen LogP contribution in [0.3, 0.4) is 0 Å². The molecule has 0 aliphatic heterocycles. The molecule has 1 heterocycles. The molecule has 1 aromatic rings. The maximum atomic E-state index is 5.24. The van der Waals surface area contributed by atoms with Gasteiger partial charge in [0.1, 0.15) is 0 Å². The van der Waals surface area contributed by atoms with Crippen LogP contribution in [-0.2, 0) is 13.5 Å². The standard InChI is InChI=1S/C11H15N3/c1-3-7-12-10-5-4-6-11-9(10)8-14(2)13-11/h1,8,10,12H,4-7H2,2H3. The number of aromatic nitrogens is 2. The number of fused-ring (bicyclic) bond motifs is 1. The summed E-state index contributed by atoms with van der Waals surface area (Å²) in [5.41, 5.74) is 2.56. The van der Waals surface area contributed by atoms with Gasteiger partial charge in [0.15, 0.2) is 0 Å². The summed E-state index contributed by atoms with van der Waals surface area (Å²) in [5.74, 6) is 2.61. The highest BCUT2D eigenvalue weighted by atomic mass is 15.3. The van der Waals surface area contributed by atoms with Gasteiger partial charge in [-0.3, -0.25) is 10.00 Å². The van der Waals surface area contributed by atoms with Gasteiger partial charge in [-0.05, 0) is 19.3 Å². The maximum Gasteiger partial charge on any atom is 0.0672 e. The molecule has 14 heavy (non-hydrogen) atoms. The highest BCUT2D eigenvalue weighted by Crippen LogP contribution is 2.28. The van der Waals surface area contributed by atoms with Crippen LogP contribution in [0.25, 0.3) is 0 Å². The van der Waals surface area contributed by atoms with Crippen molar-refractivity contribution >= 4 is 0 Å². The average Bonchev–Trinajstić information content (AvgIpc) is 2.55. The van der Waals surface area contributed by atoms with Gasteiger partial charge in [-0.25, -0.2) is 0 Å². The molecule has 2 rings (SSSR count).